The van der Waals surface area contributed by atoms with Crippen LogP contribution in [-0.2, 0) is 36.0 Å². The summed E-state index contributed by atoms with van der Waals surface area (Å²) in [5.74, 6) is -4.14. The zero-order valence-corrected chi connectivity index (χ0v) is 19.9. The fourth-order valence-electron chi connectivity index (χ4n) is 3.27. The molecule has 3 heterocycles. The summed E-state index contributed by atoms with van der Waals surface area (Å²) in [5.41, 5.74) is -1.67. The van der Waals surface area contributed by atoms with Gasteiger partial charge in [0.2, 0.25) is 11.1 Å². The van der Waals surface area contributed by atoms with E-state index in [9.17, 15) is 27.9 Å². The Morgan fingerprint density at radius 2 is 2.21 bits per heavy atom. The summed E-state index contributed by atoms with van der Waals surface area (Å²) >= 11 is 2.38. The average molecular weight is 518 g/mol. The SMILES string of the molecule is CO[C@@]1(NC(=O)CS(=O)(=O)CCC#N)C(=O)N2C(C(=O)O)=C(CSc3nnnn3C)CS[C@@H]21. The highest BCUT2D eigenvalue weighted by Gasteiger charge is 2.66. The monoisotopic (exact) mass is 517 g/mol. The Morgan fingerprint density at radius 1 is 1.48 bits per heavy atom. The molecule has 178 valence electrons. The van der Waals surface area contributed by atoms with Gasteiger partial charge in [-0.15, -0.1) is 16.9 Å². The number of nitrogens with one attached hydrogen (secondary N) is 1. The summed E-state index contributed by atoms with van der Waals surface area (Å²) in [6.07, 6.45) is -0.270. The molecule has 0 bridgehead atoms. The molecule has 2 amide bonds. The molecule has 33 heavy (non-hydrogen) atoms. The second-order valence-electron chi connectivity index (χ2n) is 6.96. The zero-order valence-electron chi connectivity index (χ0n) is 17.4. The molecule has 3 rings (SSSR count). The van der Waals surface area contributed by atoms with Gasteiger partial charge in [-0.05, 0) is 16.0 Å². The summed E-state index contributed by atoms with van der Waals surface area (Å²) in [6.45, 7) is 0. The number of nitriles is 1. The number of fused-ring (bicyclic) bond motifs is 1. The molecule has 14 nitrogen and oxygen atoms in total. The molecule has 1 saturated heterocycles. The fraction of sp³-hybridized carbons (Fsp3) is 0.562. The molecule has 0 aromatic carbocycles. The highest BCUT2D eigenvalue weighted by Crippen LogP contribution is 2.47. The molecule has 2 aliphatic heterocycles. The molecule has 0 unspecified atom stereocenters. The lowest BCUT2D eigenvalue weighted by molar-refractivity contribution is -0.192. The average Bonchev–Trinajstić information content (AvgIpc) is 3.17. The van der Waals surface area contributed by atoms with Crippen molar-refractivity contribution in [2.75, 3.05) is 30.1 Å². The number of aromatic nitrogens is 4. The Morgan fingerprint density at radius 3 is 2.79 bits per heavy atom. The van der Waals surface area contributed by atoms with Gasteiger partial charge in [0, 0.05) is 32.1 Å². The van der Waals surface area contributed by atoms with Gasteiger partial charge in [0.15, 0.2) is 9.84 Å². The van der Waals surface area contributed by atoms with E-state index < -0.39 is 50.2 Å². The number of ether oxygens (including phenoxy) is 1. The summed E-state index contributed by atoms with van der Waals surface area (Å²) in [6, 6.07) is 1.69. The smallest absolute Gasteiger partial charge is 0.352 e. The molecule has 1 fully saturated rings. The standard InChI is InChI=1S/C16H19N7O7S3/c1-22-15(19-20-21-22)32-7-9-6-31-14-16(30-2,13(27)23(14)11(9)12(25)26)18-10(24)8-33(28,29)5-3-4-17/h14H,3,5-8H2,1-2H3,(H,18,24)(H,25,26)/t14-,16+/m1/s1. The Labute approximate surface area is 196 Å². The minimum Gasteiger partial charge on any atom is -0.477 e. The summed E-state index contributed by atoms with van der Waals surface area (Å²) in [7, 11) is -1.07. The van der Waals surface area contributed by atoms with Crippen LogP contribution >= 0.6 is 23.5 Å². The molecule has 2 atom stereocenters. The summed E-state index contributed by atoms with van der Waals surface area (Å²) < 4.78 is 30.6. The molecule has 0 radical (unpaired) electrons. The molecule has 2 aliphatic rings. The molecule has 1 aromatic rings. The van der Waals surface area contributed by atoms with E-state index in [-0.39, 0.29) is 23.6 Å². The number of rotatable bonds is 10. The van der Waals surface area contributed by atoms with Gasteiger partial charge in [-0.1, -0.05) is 11.8 Å². The van der Waals surface area contributed by atoms with E-state index in [1.54, 1.807) is 13.1 Å². The van der Waals surface area contributed by atoms with Gasteiger partial charge in [0.25, 0.3) is 11.6 Å². The number of methoxy groups -OCH3 is 1. The molecule has 1 aromatic heterocycles. The predicted molar refractivity (Wildman–Crippen MR) is 114 cm³/mol. The molecule has 17 heteroatoms. The maximum atomic E-state index is 13.0. The zero-order chi connectivity index (χ0) is 24.4. The maximum absolute atomic E-state index is 13.0. The van der Waals surface area contributed by atoms with Crippen molar-refractivity contribution in [3.8, 4) is 6.07 Å². The van der Waals surface area contributed by atoms with Crippen molar-refractivity contribution < 1.29 is 32.6 Å². The number of sulfone groups is 1. The van der Waals surface area contributed by atoms with Crippen molar-refractivity contribution in [2.45, 2.75) is 22.7 Å². The van der Waals surface area contributed by atoms with Crippen LogP contribution in [0.5, 0.6) is 0 Å². The normalized spacial score (nSPS) is 22.4. The van der Waals surface area contributed by atoms with Crippen molar-refractivity contribution in [3.05, 3.63) is 11.3 Å². The van der Waals surface area contributed by atoms with E-state index in [2.05, 4.69) is 20.8 Å². The third-order valence-electron chi connectivity index (χ3n) is 4.79. The van der Waals surface area contributed by atoms with Crippen LogP contribution in [0.3, 0.4) is 0 Å². The number of nitrogens with zero attached hydrogens (tertiary/aromatic N) is 6. The Hall–Kier alpha value is -2.68. The number of aryl methyl sites for hydroxylation is 1. The number of hydrogen-bond acceptors (Lipinski definition) is 12. The maximum Gasteiger partial charge on any atom is 0.352 e. The Bertz CT molecular complexity index is 1160. The van der Waals surface area contributed by atoms with Crippen LogP contribution in [0.15, 0.2) is 16.4 Å². The van der Waals surface area contributed by atoms with Crippen LogP contribution < -0.4 is 5.32 Å². The topological polar surface area (TPSA) is 197 Å². The van der Waals surface area contributed by atoms with Crippen LogP contribution in [0, 0.1) is 11.3 Å². The van der Waals surface area contributed by atoms with Crippen LogP contribution in [0.4, 0.5) is 0 Å². The van der Waals surface area contributed by atoms with Gasteiger partial charge < -0.3 is 15.2 Å². The van der Waals surface area contributed by atoms with E-state index in [4.69, 9.17) is 10.00 Å². The highest BCUT2D eigenvalue weighted by molar-refractivity contribution is 8.01. The van der Waals surface area contributed by atoms with Gasteiger partial charge in [-0.25, -0.2) is 17.9 Å². The van der Waals surface area contributed by atoms with Crippen LogP contribution in [0.2, 0.25) is 0 Å². The lowest BCUT2D eigenvalue weighted by Crippen LogP contribution is -2.81. The number of carbonyl (C=O) groups is 3. The molecular weight excluding hydrogens is 498 g/mol. The predicted octanol–water partition coefficient (Wildman–Crippen LogP) is -1.66. The van der Waals surface area contributed by atoms with Crippen molar-refractivity contribution in [3.63, 3.8) is 0 Å². The van der Waals surface area contributed by atoms with Gasteiger partial charge in [-0.2, -0.15) is 5.26 Å². The number of carboxylic acid groups (broad SMARTS) is 1. The van der Waals surface area contributed by atoms with Crippen LogP contribution in [0.1, 0.15) is 6.42 Å². The first kappa shape index (κ1) is 25.0. The third-order valence-corrected chi connectivity index (χ3v) is 8.79. The summed E-state index contributed by atoms with van der Waals surface area (Å²) in [5, 5.41) is 31.2. The number of carbonyl (C=O) groups excluding carboxylic acids is 2. The molecular formula is C16H19N7O7S3. The minimum absolute atomic E-state index is 0.211. The van der Waals surface area contributed by atoms with Gasteiger partial charge >= 0.3 is 5.97 Å². The molecule has 0 aliphatic carbocycles. The first-order chi connectivity index (χ1) is 15.6. The van der Waals surface area contributed by atoms with E-state index in [0.717, 1.165) is 12.0 Å². The quantitative estimate of drug-likeness (QED) is 0.203. The highest BCUT2D eigenvalue weighted by atomic mass is 32.2. The fourth-order valence-corrected chi connectivity index (χ4v) is 6.71. The van der Waals surface area contributed by atoms with Crippen molar-refractivity contribution >= 4 is 51.1 Å². The van der Waals surface area contributed by atoms with Crippen LogP contribution in [0.25, 0.3) is 0 Å². The first-order valence-corrected chi connectivity index (χ1v) is 13.1. The lowest BCUT2D eigenvalue weighted by atomic mass is 9.98. The van der Waals surface area contributed by atoms with Gasteiger partial charge in [0.05, 0.1) is 11.8 Å². The van der Waals surface area contributed by atoms with E-state index in [0.29, 0.717) is 10.7 Å². The minimum atomic E-state index is -3.87. The number of β-lactam (4-membered cyclic amide) rings is 1. The number of aliphatic carboxylic acids is 1. The second-order valence-corrected chi connectivity index (χ2v) is 11.2. The number of carboxylic acids is 1. The van der Waals surface area contributed by atoms with Crippen molar-refractivity contribution in [2.24, 2.45) is 7.05 Å². The van der Waals surface area contributed by atoms with Crippen LogP contribution in [-0.4, -0.2) is 97.6 Å². The lowest BCUT2D eigenvalue weighted by Gasteiger charge is -2.55. The third kappa shape index (κ3) is 4.83. The second kappa shape index (κ2) is 9.67. The Kier molecular flexibility index (Phi) is 7.31. The van der Waals surface area contributed by atoms with E-state index in [1.807, 2.05) is 0 Å². The van der Waals surface area contributed by atoms with Crippen molar-refractivity contribution in [1.82, 2.24) is 30.4 Å². The molecule has 2 N–H and O–H groups in total. The van der Waals surface area contributed by atoms with E-state index >= 15 is 0 Å². The van der Waals surface area contributed by atoms with Gasteiger partial charge in [-0.3, -0.25) is 14.5 Å². The molecule has 0 saturated carbocycles. The number of hydrogen-bond donors (Lipinski definition) is 2. The van der Waals surface area contributed by atoms with Crippen molar-refractivity contribution in [1.29, 1.82) is 5.26 Å². The summed E-state index contributed by atoms with van der Waals surface area (Å²) in [4.78, 5) is 38.4. The largest absolute Gasteiger partial charge is 0.477 e. The first-order valence-electron chi connectivity index (χ1n) is 9.25. The van der Waals surface area contributed by atoms with Gasteiger partial charge in [0.1, 0.15) is 16.8 Å². The number of thioether (sulfide) groups is 2. The number of tetrazole rings is 1. The number of amides is 2. The molecule has 0 spiro atoms. The Balaban J connectivity index is 1.78. The van der Waals surface area contributed by atoms with E-state index in [1.165, 1.54) is 28.2 Å².